The van der Waals surface area contributed by atoms with Gasteiger partial charge in [0, 0.05) is 38.1 Å². The molecule has 1 N–H and O–H groups in total. The van der Waals surface area contributed by atoms with E-state index in [1.165, 1.54) is 5.56 Å². The lowest BCUT2D eigenvalue weighted by Gasteiger charge is -2.22. The topological polar surface area (TPSA) is 40.8 Å². The minimum Gasteiger partial charge on any atom is -0.469 e. The Hall–Kier alpha value is -1.02. The Kier molecular flexibility index (Phi) is 8.55. The van der Waals surface area contributed by atoms with Crippen molar-refractivity contribution in [2.45, 2.75) is 13.0 Å². The van der Waals surface area contributed by atoms with E-state index in [0.29, 0.717) is 0 Å². The Morgan fingerprint density at radius 3 is 2.68 bits per heavy atom. The van der Waals surface area contributed by atoms with Gasteiger partial charge in [0.05, 0.1) is 6.26 Å². The van der Waals surface area contributed by atoms with E-state index in [0.717, 1.165) is 35.7 Å². The molecule has 1 aromatic carbocycles. The number of benzene rings is 1. The minimum atomic E-state index is 0. The maximum atomic E-state index is 5.32. The summed E-state index contributed by atoms with van der Waals surface area (Å²) in [4.78, 5) is 6.42. The molecule has 0 saturated heterocycles. The molecule has 2 rings (SSSR count). The van der Waals surface area contributed by atoms with Crippen LogP contribution in [0, 0.1) is 0 Å². The third-order valence-electron chi connectivity index (χ3n) is 3.17. The second-order valence-electron chi connectivity index (χ2n) is 4.75. The molecule has 0 atom stereocenters. The number of hydrogen-bond acceptors (Lipinski definition) is 2. The van der Waals surface area contributed by atoms with Crippen molar-refractivity contribution >= 4 is 45.9 Å². The highest BCUT2D eigenvalue weighted by Gasteiger charge is 2.08. The van der Waals surface area contributed by atoms with Crippen LogP contribution in [-0.2, 0) is 13.0 Å². The predicted molar refractivity (Wildman–Crippen MR) is 105 cm³/mol. The molecular formula is C16H21BrIN3O. The number of nitrogens with zero attached hydrogens (tertiary/aromatic N) is 2. The number of rotatable bonds is 5. The zero-order valence-corrected chi connectivity index (χ0v) is 16.7. The van der Waals surface area contributed by atoms with Gasteiger partial charge >= 0.3 is 0 Å². The van der Waals surface area contributed by atoms with Crippen molar-refractivity contribution in [2.24, 2.45) is 4.99 Å². The fraction of sp³-hybridized carbons (Fsp3) is 0.312. The molecule has 22 heavy (non-hydrogen) atoms. The number of furan rings is 1. The Morgan fingerprint density at radius 2 is 2.05 bits per heavy atom. The molecule has 0 fully saturated rings. The van der Waals surface area contributed by atoms with Crippen molar-refractivity contribution in [1.82, 2.24) is 10.2 Å². The molecule has 120 valence electrons. The lowest BCUT2D eigenvalue weighted by atomic mass is 10.2. The smallest absolute Gasteiger partial charge is 0.193 e. The van der Waals surface area contributed by atoms with Crippen molar-refractivity contribution in [3.63, 3.8) is 0 Å². The van der Waals surface area contributed by atoms with Crippen LogP contribution in [-0.4, -0.2) is 31.5 Å². The largest absolute Gasteiger partial charge is 0.469 e. The van der Waals surface area contributed by atoms with Gasteiger partial charge in [-0.2, -0.15) is 0 Å². The molecule has 6 heteroatoms. The number of aliphatic imine (C=N–C) groups is 1. The SMILES string of the molecule is CN=C(NCCc1ccco1)N(C)Cc1ccccc1Br.I. The summed E-state index contributed by atoms with van der Waals surface area (Å²) in [6.45, 7) is 1.59. The van der Waals surface area contributed by atoms with Gasteiger partial charge in [-0.05, 0) is 23.8 Å². The molecule has 0 bridgehead atoms. The fourth-order valence-electron chi connectivity index (χ4n) is 2.09. The van der Waals surface area contributed by atoms with Gasteiger partial charge in [-0.3, -0.25) is 4.99 Å². The summed E-state index contributed by atoms with van der Waals surface area (Å²) in [5, 5.41) is 3.35. The Balaban J connectivity index is 0.00000242. The Labute approximate surface area is 157 Å². The summed E-state index contributed by atoms with van der Waals surface area (Å²) >= 11 is 3.58. The van der Waals surface area contributed by atoms with Crippen LogP contribution in [0.4, 0.5) is 0 Å². The summed E-state index contributed by atoms with van der Waals surface area (Å²) in [6.07, 6.45) is 2.54. The molecule has 0 saturated carbocycles. The Morgan fingerprint density at radius 1 is 1.27 bits per heavy atom. The average Bonchev–Trinajstić information content (AvgIpc) is 2.99. The van der Waals surface area contributed by atoms with Crippen molar-refractivity contribution in [1.29, 1.82) is 0 Å². The molecule has 1 aromatic heterocycles. The van der Waals surface area contributed by atoms with E-state index in [4.69, 9.17) is 4.42 Å². The van der Waals surface area contributed by atoms with Crippen molar-refractivity contribution in [3.05, 3.63) is 58.5 Å². The number of guanidine groups is 1. The first-order valence-corrected chi connectivity index (χ1v) is 7.67. The lowest BCUT2D eigenvalue weighted by Crippen LogP contribution is -2.39. The zero-order valence-electron chi connectivity index (χ0n) is 12.8. The van der Waals surface area contributed by atoms with E-state index in [1.807, 2.05) is 31.3 Å². The van der Waals surface area contributed by atoms with Crippen molar-refractivity contribution in [2.75, 3.05) is 20.6 Å². The lowest BCUT2D eigenvalue weighted by molar-refractivity contribution is 0.469. The summed E-state index contributed by atoms with van der Waals surface area (Å²) in [5.74, 6) is 1.85. The first-order chi connectivity index (χ1) is 10.2. The quantitative estimate of drug-likeness (QED) is 0.403. The second kappa shape index (κ2) is 9.89. The summed E-state index contributed by atoms with van der Waals surface area (Å²) in [5.41, 5.74) is 1.23. The molecule has 0 unspecified atom stereocenters. The van der Waals surface area contributed by atoms with E-state index in [-0.39, 0.29) is 24.0 Å². The van der Waals surface area contributed by atoms with Gasteiger partial charge < -0.3 is 14.6 Å². The maximum absolute atomic E-state index is 5.32. The third-order valence-corrected chi connectivity index (χ3v) is 3.95. The van der Waals surface area contributed by atoms with Gasteiger partial charge in [0.1, 0.15) is 5.76 Å². The summed E-state index contributed by atoms with van der Waals surface area (Å²) in [7, 11) is 3.83. The van der Waals surface area contributed by atoms with Gasteiger partial charge in [0.15, 0.2) is 5.96 Å². The van der Waals surface area contributed by atoms with E-state index in [9.17, 15) is 0 Å². The molecule has 0 spiro atoms. The minimum absolute atomic E-state index is 0. The molecular weight excluding hydrogens is 457 g/mol. The van der Waals surface area contributed by atoms with E-state index >= 15 is 0 Å². The Bertz CT molecular complexity index is 587. The average molecular weight is 478 g/mol. The van der Waals surface area contributed by atoms with E-state index in [1.54, 1.807) is 13.3 Å². The normalized spacial score (nSPS) is 11.0. The van der Waals surface area contributed by atoms with Crippen molar-refractivity contribution < 1.29 is 4.42 Å². The van der Waals surface area contributed by atoms with Crippen LogP contribution in [0.2, 0.25) is 0 Å². The number of hydrogen-bond donors (Lipinski definition) is 1. The molecule has 4 nitrogen and oxygen atoms in total. The monoisotopic (exact) mass is 477 g/mol. The first-order valence-electron chi connectivity index (χ1n) is 6.88. The standard InChI is InChI=1S/C16H20BrN3O.HI/c1-18-16(19-10-9-14-7-5-11-21-14)20(2)12-13-6-3-4-8-15(13)17;/h3-8,11H,9-10,12H2,1-2H3,(H,18,19);1H. The molecule has 2 aromatic rings. The number of halogens is 2. The second-order valence-corrected chi connectivity index (χ2v) is 5.61. The van der Waals surface area contributed by atoms with Crippen molar-refractivity contribution in [3.8, 4) is 0 Å². The summed E-state index contributed by atoms with van der Waals surface area (Å²) in [6, 6.07) is 12.1. The van der Waals surface area contributed by atoms with Gasteiger partial charge in [0.25, 0.3) is 0 Å². The van der Waals surface area contributed by atoms with E-state index < -0.39 is 0 Å². The van der Waals surface area contributed by atoms with Crippen LogP contribution in [0.25, 0.3) is 0 Å². The van der Waals surface area contributed by atoms with Gasteiger partial charge in [-0.25, -0.2) is 0 Å². The molecule has 0 aliphatic heterocycles. The van der Waals surface area contributed by atoms with Crippen LogP contribution in [0.3, 0.4) is 0 Å². The highest BCUT2D eigenvalue weighted by atomic mass is 127. The highest BCUT2D eigenvalue weighted by molar-refractivity contribution is 14.0. The number of nitrogens with one attached hydrogen (secondary N) is 1. The fourth-order valence-corrected chi connectivity index (χ4v) is 2.50. The molecule has 1 heterocycles. The molecule has 0 radical (unpaired) electrons. The predicted octanol–water partition coefficient (Wildman–Crippen LogP) is 3.91. The van der Waals surface area contributed by atoms with Crippen LogP contribution in [0.5, 0.6) is 0 Å². The molecule has 0 aliphatic rings. The van der Waals surface area contributed by atoms with Gasteiger partial charge in [0.2, 0.25) is 0 Å². The van der Waals surface area contributed by atoms with E-state index in [2.05, 4.69) is 43.3 Å². The first kappa shape index (κ1) is 19.0. The van der Waals surface area contributed by atoms with Crippen LogP contribution >= 0.6 is 39.9 Å². The van der Waals surface area contributed by atoms with Gasteiger partial charge in [-0.15, -0.1) is 24.0 Å². The molecule has 0 aliphatic carbocycles. The van der Waals surface area contributed by atoms with Crippen LogP contribution in [0.1, 0.15) is 11.3 Å². The van der Waals surface area contributed by atoms with Gasteiger partial charge in [-0.1, -0.05) is 34.1 Å². The zero-order chi connectivity index (χ0) is 15.1. The maximum Gasteiger partial charge on any atom is 0.193 e. The molecule has 0 amide bonds. The summed E-state index contributed by atoms with van der Waals surface area (Å²) < 4.78 is 6.43. The van der Waals surface area contributed by atoms with Crippen LogP contribution < -0.4 is 5.32 Å². The highest BCUT2D eigenvalue weighted by Crippen LogP contribution is 2.17. The third kappa shape index (κ3) is 5.64. The van der Waals surface area contributed by atoms with Crippen LogP contribution in [0.15, 0.2) is 56.5 Å².